The Morgan fingerprint density at radius 2 is 1.82 bits per heavy atom. The van der Waals surface area contributed by atoms with Crippen LogP contribution in [0.3, 0.4) is 0 Å². The van der Waals surface area contributed by atoms with E-state index in [1.807, 2.05) is 6.92 Å². The fourth-order valence-electron chi connectivity index (χ4n) is 3.23. The van der Waals surface area contributed by atoms with Gasteiger partial charge in [0.1, 0.15) is 0 Å². The van der Waals surface area contributed by atoms with Gasteiger partial charge in [-0.25, -0.2) is 12.4 Å². The molecule has 146 valence electrons. The highest BCUT2D eigenvalue weighted by molar-refractivity contribution is 7.90. The molecule has 0 amide bonds. The molecule has 0 saturated carbocycles. The number of benzene rings is 2. The molecule has 0 radical (unpaired) electrons. The number of unbranched alkanes of at least 4 members (excludes halogenated alkanes) is 2. The quantitative estimate of drug-likeness (QED) is 0.332. The van der Waals surface area contributed by atoms with Gasteiger partial charge in [0.2, 0.25) is 0 Å². The maximum absolute atomic E-state index is 13.1. The number of nitrogens with one attached hydrogen (secondary N) is 1. The van der Waals surface area contributed by atoms with Crippen LogP contribution in [0.1, 0.15) is 54.1 Å². The summed E-state index contributed by atoms with van der Waals surface area (Å²) in [5, 5.41) is 8.83. The second-order valence-corrected chi connectivity index (χ2v) is 8.80. The summed E-state index contributed by atoms with van der Waals surface area (Å²) in [6, 6.07) is 11.8. The van der Waals surface area contributed by atoms with E-state index in [0.717, 1.165) is 34.4 Å². The van der Waals surface area contributed by atoms with Crippen molar-refractivity contribution in [1.29, 1.82) is 5.41 Å². The van der Waals surface area contributed by atoms with E-state index in [0.29, 0.717) is 34.9 Å². The number of aromatic nitrogens is 1. The number of carbonyl (C=O) groups is 1. The van der Waals surface area contributed by atoms with Crippen molar-refractivity contribution in [3.8, 4) is 0 Å². The van der Waals surface area contributed by atoms with Crippen molar-refractivity contribution in [2.45, 2.75) is 44.4 Å². The molecule has 1 aromatic heterocycles. The SMILES string of the molecule is CCCCCC(=N)c1ccc2c(c1)c(C=O)cn2S(=O)(=O)c1ccc(C)cc1. The number of nitrogens with zero attached hydrogens (tertiary/aromatic N) is 1. The molecule has 3 rings (SSSR count). The molecule has 0 bridgehead atoms. The van der Waals surface area contributed by atoms with E-state index in [-0.39, 0.29) is 4.90 Å². The Labute approximate surface area is 165 Å². The van der Waals surface area contributed by atoms with Gasteiger partial charge in [0.25, 0.3) is 10.0 Å². The molecule has 2 aromatic carbocycles. The Bertz CT molecular complexity index is 1130. The highest BCUT2D eigenvalue weighted by atomic mass is 32.2. The predicted octanol–water partition coefficient (Wildman–Crippen LogP) is 4.95. The fraction of sp³-hybridized carbons (Fsp3) is 0.273. The van der Waals surface area contributed by atoms with Gasteiger partial charge in [0.15, 0.2) is 6.29 Å². The number of hydrogen-bond donors (Lipinski definition) is 1. The lowest BCUT2D eigenvalue weighted by Crippen LogP contribution is -2.12. The number of fused-ring (bicyclic) bond motifs is 1. The Morgan fingerprint density at radius 3 is 2.46 bits per heavy atom. The van der Waals surface area contributed by atoms with Crippen molar-refractivity contribution >= 4 is 32.9 Å². The van der Waals surface area contributed by atoms with Crippen LogP contribution in [0.15, 0.2) is 53.6 Å². The molecule has 0 unspecified atom stereocenters. The topological polar surface area (TPSA) is 80.0 Å². The van der Waals surface area contributed by atoms with E-state index < -0.39 is 10.0 Å². The average Bonchev–Trinajstić information content (AvgIpc) is 3.07. The van der Waals surface area contributed by atoms with Gasteiger partial charge >= 0.3 is 0 Å². The van der Waals surface area contributed by atoms with Gasteiger partial charge in [-0.15, -0.1) is 0 Å². The Kier molecular flexibility index (Phi) is 5.79. The molecule has 28 heavy (non-hydrogen) atoms. The van der Waals surface area contributed by atoms with Crippen LogP contribution in [0.2, 0.25) is 0 Å². The van der Waals surface area contributed by atoms with E-state index in [4.69, 9.17) is 5.41 Å². The van der Waals surface area contributed by atoms with Crippen molar-refractivity contribution in [2.75, 3.05) is 0 Å². The van der Waals surface area contributed by atoms with Crippen molar-refractivity contribution in [1.82, 2.24) is 3.97 Å². The van der Waals surface area contributed by atoms with Crippen molar-refractivity contribution in [3.05, 3.63) is 65.4 Å². The number of aldehydes is 1. The molecule has 0 spiro atoms. The number of rotatable bonds is 8. The van der Waals surface area contributed by atoms with E-state index in [2.05, 4.69) is 6.92 Å². The molecule has 1 heterocycles. The van der Waals surface area contributed by atoms with Crippen LogP contribution in [0, 0.1) is 12.3 Å². The van der Waals surface area contributed by atoms with Gasteiger partial charge in [-0.3, -0.25) is 4.79 Å². The molecule has 1 N–H and O–H groups in total. The smallest absolute Gasteiger partial charge is 0.268 e. The third kappa shape index (κ3) is 3.78. The summed E-state index contributed by atoms with van der Waals surface area (Å²) >= 11 is 0. The number of aryl methyl sites for hydroxylation is 1. The molecule has 0 aliphatic heterocycles. The zero-order chi connectivity index (χ0) is 20.3. The molecule has 5 nitrogen and oxygen atoms in total. The maximum Gasteiger partial charge on any atom is 0.268 e. The van der Waals surface area contributed by atoms with Gasteiger partial charge in [0.05, 0.1) is 10.4 Å². The lowest BCUT2D eigenvalue weighted by atomic mass is 10.0. The predicted molar refractivity (Wildman–Crippen MR) is 112 cm³/mol. The Balaban J connectivity index is 2.07. The highest BCUT2D eigenvalue weighted by Gasteiger charge is 2.21. The summed E-state index contributed by atoms with van der Waals surface area (Å²) in [5.41, 5.74) is 2.93. The van der Waals surface area contributed by atoms with Crippen LogP contribution in [0.5, 0.6) is 0 Å². The van der Waals surface area contributed by atoms with Crippen LogP contribution in [-0.2, 0) is 10.0 Å². The first-order valence-corrected chi connectivity index (χ1v) is 10.8. The molecule has 0 saturated heterocycles. The first-order valence-electron chi connectivity index (χ1n) is 9.38. The molecule has 0 fully saturated rings. The largest absolute Gasteiger partial charge is 0.305 e. The van der Waals surface area contributed by atoms with Crippen molar-refractivity contribution < 1.29 is 13.2 Å². The number of carbonyl (C=O) groups excluding carboxylic acids is 1. The first-order chi connectivity index (χ1) is 13.4. The minimum atomic E-state index is -3.82. The summed E-state index contributed by atoms with van der Waals surface area (Å²) in [4.78, 5) is 11.7. The normalized spacial score (nSPS) is 11.6. The molecule has 0 atom stereocenters. The second kappa shape index (κ2) is 8.10. The lowest BCUT2D eigenvalue weighted by molar-refractivity contribution is 0.112. The minimum Gasteiger partial charge on any atom is -0.305 e. The van der Waals surface area contributed by atoms with Gasteiger partial charge < -0.3 is 5.41 Å². The summed E-state index contributed by atoms with van der Waals surface area (Å²) < 4.78 is 27.3. The first kappa shape index (κ1) is 20.0. The molecule has 6 heteroatoms. The maximum atomic E-state index is 13.1. The third-order valence-corrected chi connectivity index (χ3v) is 6.57. The minimum absolute atomic E-state index is 0.170. The van der Waals surface area contributed by atoms with E-state index in [9.17, 15) is 13.2 Å². The molecule has 0 aliphatic rings. The van der Waals surface area contributed by atoms with Crippen molar-refractivity contribution in [2.24, 2.45) is 0 Å². The highest BCUT2D eigenvalue weighted by Crippen LogP contribution is 2.27. The summed E-state index contributed by atoms with van der Waals surface area (Å²) in [6.45, 7) is 4.01. The summed E-state index contributed by atoms with van der Waals surface area (Å²) in [7, 11) is -3.82. The van der Waals surface area contributed by atoms with Gasteiger partial charge in [-0.1, -0.05) is 43.5 Å². The fourth-order valence-corrected chi connectivity index (χ4v) is 4.60. The van der Waals surface area contributed by atoms with Crippen molar-refractivity contribution in [3.63, 3.8) is 0 Å². The van der Waals surface area contributed by atoms with Crippen LogP contribution in [-0.4, -0.2) is 24.4 Å². The van der Waals surface area contributed by atoms with E-state index >= 15 is 0 Å². The third-order valence-electron chi connectivity index (χ3n) is 4.88. The average molecular weight is 397 g/mol. The Hall–Kier alpha value is -2.73. The van der Waals surface area contributed by atoms with Crippen LogP contribution >= 0.6 is 0 Å². The molecule has 0 aliphatic carbocycles. The Morgan fingerprint density at radius 1 is 1.11 bits per heavy atom. The van der Waals surface area contributed by atoms with Crippen LogP contribution in [0.25, 0.3) is 10.9 Å². The van der Waals surface area contributed by atoms with Crippen LogP contribution in [0.4, 0.5) is 0 Å². The standard InChI is InChI=1S/C22H24N2O3S/c1-3-4-5-6-21(23)17-9-12-22-20(13-17)18(15-25)14-24(22)28(26,27)19-10-7-16(2)8-11-19/h7-15,23H,3-6H2,1-2H3. The monoisotopic (exact) mass is 396 g/mol. The molecule has 3 aromatic rings. The zero-order valence-corrected chi connectivity index (χ0v) is 16.9. The van der Waals surface area contributed by atoms with E-state index in [1.165, 1.54) is 6.20 Å². The number of hydrogen-bond acceptors (Lipinski definition) is 4. The molecular weight excluding hydrogens is 372 g/mol. The van der Waals surface area contributed by atoms with Gasteiger partial charge in [-0.05, 0) is 49.6 Å². The van der Waals surface area contributed by atoms with Crippen LogP contribution < -0.4 is 0 Å². The van der Waals surface area contributed by atoms with Gasteiger partial charge in [-0.2, -0.15) is 0 Å². The lowest BCUT2D eigenvalue weighted by Gasteiger charge is -2.09. The zero-order valence-electron chi connectivity index (χ0n) is 16.1. The summed E-state index contributed by atoms with van der Waals surface area (Å²) in [5.74, 6) is 0. The van der Waals surface area contributed by atoms with Gasteiger partial charge in [0, 0.05) is 22.9 Å². The van der Waals surface area contributed by atoms with E-state index in [1.54, 1.807) is 42.5 Å². The second-order valence-electron chi connectivity index (χ2n) is 6.98. The molecular formula is C22H24N2O3S. The summed E-state index contributed by atoms with van der Waals surface area (Å²) in [6.07, 6.45) is 5.77.